The molecule has 0 atom stereocenters. The van der Waals surface area contributed by atoms with Crippen LogP contribution in [0.3, 0.4) is 0 Å². The van der Waals surface area contributed by atoms with Gasteiger partial charge in [-0.05, 0) is 36.4 Å². The van der Waals surface area contributed by atoms with Gasteiger partial charge in [-0.1, -0.05) is 46.4 Å². The average molecular weight is 378 g/mol. The number of hydrogen-bond donors (Lipinski definition) is 2. The van der Waals surface area contributed by atoms with Crippen molar-refractivity contribution in [2.75, 3.05) is 0 Å². The maximum atomic E-state index is 11.9. The van der Waals surface area contributed by atoms with Crippen LogP contribution in [0, 0.1) is 0 Å². The van der Waals surface area contributed by atoms with Crippen molar-refractivity contribution >= 4 is 58.2 Å². The number of benzene rings is 2. The van der Waals surface area contributed by atoms with Crippen LogP contribution in [0.2, 0.25) is 20.1 Å². The van der Waals surface area contributed by atoms with Crippen molar-refractivity contribution in [1.29, 1.82) is 0 Å². The first-order valence-electron chi connectivity index (χ1n) is 5.88. The van der Waals surface area contributed by atoms with Crippen molar-refractivity contribution in [2.24, 2.45) is 0 Å². The molecule has 114 valence electrons. The van der Waals surface area contributed by atoms with E-state index in [1.54, 1.807) is 0 Å². The van der Waals surface area contributed by atoms with E-state index < -0.39 is 11.8 Å². The van der Waals surface area contributed by atoms with Crippen LogP contribution in [0.1, 0.15) is 20.7 Å². The van der Waals surface area contributed by atoms with Crippen molar-refractivity contribution in [1.82, 2.24) is 10.9 Å². The van der Waals surface area contributed by atoms with Crippen LogP contribution in [-0.4, -0.2) is 11.8 Å². The predicted octanol–water partition coefficient (Wildman–Crippen LogP) is 4.38. The zero-order valence-corrected chi connectivity index (χ0v) is 13.8. The van der Waals surface area contributed by atoms with E-state index in [4.69, 9.17) is 46.4 Å². The van der Waals surface area contributed by atoms with E-state index in [1.807, 2.05) is 0 Å². The minimum absolute atomic E-state index is 0.171. The van der Waals surface area contributed by atoms with Gasteiger partial charge in [0.1, 0.15) is 0 Å². The van der Waals surface area contributed by atoms with Gasteiger partial charge >= 0.3 is 0 Å². The quantitative estimate of drug-likeness (QED) is 0.763. The number of amides is 2. The van der Waals surface area contributed by atoms with Gasteiger partial charge in [0, 0.05) is 20.6 Å². The average Bonchev–Trinajstić information content (AvgIpc) is 2.43. The smallest absolute Gasteiger partial charge is 0.267 e. The third kappa shape index (κ3) is 4.27. The molecule has 2 aromatic rings. The summed E-state index contributed by atoms with van der Waals surface area (Å²) in [6.45, 7) is 0. The molecule has 0 spiro atoms. The Morgan fingerprint density at radius 2 is 1.32 bits per heavy atom. The summed E-state index contributed by atoms with van der Waals surface area (Å²) < 4.78 is 0. The second kappa shape index (κ2) is 7.20. The lowest BCUT2D eigenvalue weighted by Crippen LogP contribution is -2.41. The number of rotatable bonds is 2. The maximum absolute atomic E-state index is 11.9. The second-order valence-corrected chi connectivity index (χ2v) is 5.91. The van der Waals surface area contributed by atoms with Gasteiger partial charge in [-0.3, -0.25) is 20.4 Å². The monoisotopic (exact) mass is 376 g/mol. The van der Waals surface area contributed by atoms with Gasteiger partial charge in [-0.2, -0.15) is 0 Å². The van der Waals surface area contributed by atoms with Crippen molar-refractivity contribution in [2.45, 2.75) is 0 Å². The van der Waals surface area contributed by atoms with Crippen LogP contribution in [0.5, 0.6) is 0 Å². The summed E-state index contributed by atoms with van der Waals surface area (Å²) >= 11 is 23.3. The first-order valence-corrected chi connectivity index (χ1v) is 7.40. The van der Waals surface area contributed by atoms with Gasteiger partial charge in [-0.15, -0.1) is 0 Å². The third-order valence-electron chi connectivity index (χ3n) is 2.59. The van der Waals surface area contributed by atoms with Gasteiger partial charge < -0.3 is 0 Å². The Morgan fingerprint density at radius 1 is 0.727 bits per heavy atom. The highest BCUT2D eigenvalue weighted by molar-refractivity contribution is 6.37. The molecule has 0 unspecified atom stereocenters. The highest BCUT2D eigenvalue weighted by atomic mass is 35.5. The first-order chi connectivity index (χ1) is 10.4. The number of hydrazine groups is 1. The van der Waals surface area contributed by atoms with Crippen LogP contribution in [0.4, 0.5) is 0 Å². The molecule has 2 N–H and O–H groups in total. The zero-order chi connectivity index (χ0) is 16.3. The lowest BCUT2D eigenvalue weighted by molar-refractivity contribution is 0.0847. The molecule has 0 radical (unpaired) electrons. The summed E-state index contributed by atoms with van der Waals surface area (Å²) in [5.41, 5.74) is 4.88. The zero-order valence-electron chi connectivity index (χ0n) is 10.8. The predicted molar refractivity (Wildman–Crippen MR) is 87.9 cm³/mol. The third-order valence-corrected chi connectivity index (χ3v) is 3.57. The lowest BCUT2D eigenvalue weighted by atomic mass is 10.2. The van der Waals surface area contributed by atoms with Crippen LogP contribution in [-0.2, 0) is 0 Å². The Balaban J connectivity index is 2.05. The normalized spacial score (nSPS) is 10.2. The Kier molecular flexibility index (Phi) is 5.53. The van der Waals surface area contributed by atoms with E-state index in [1.165, 1.54) is 36.4 Å². The molecular formula is C14H8Cl4N2O2. The molecule has 8 heteroatoms. The summed E-state index contributed by atoms with van der Waals surface area (Å²) in [6.07, 6.45) is 0. The molecule has 0 bridgehead atoms. The fraction of sp³-hybridized carbons (Fsp3) is 0. The molecule has 0 saturated carbocycles. The van der Waals surface area contributed by atoms with Crippen LogP contribution < -0.4 is 10.9 Å². The highest BCUT2D eigenvalue weighted by Crippen LogP contribution is 2.21. The summed E-state index contributed by atoms with van der Waals surface area (Å²) in [5, 5.41) is 1.19. The van der Waals surface area contributed by atoms with Gasteiger partial charge in [0.25, 0.3) is 11.8 Å². The first kappa shape index (κ1) is 16.9. The number of halogens is 4. The Bertz CT molecular complexity index is 729. The highest BCUT2D eigenvalue weighted by Gasteiger charge is 2.13. The van der Waals surface area contributed by atoms with Crippen LogP contribution in [0.25, 0.3) is 0 Å². The molecule has 2 rings (SSSR count). The van der Waals surface area contributed by atoms with Gasteiger partial charge in [0.15, 0.2) is 0 Å². The molecular weight excluding hydrogens is 370 g/mol. The fourth-order valence-corrected chi connectivity index (χ4v) is 2.63. The minimum atomic E-state index is -0.580. The molecule has 0 aromatic heterocycles. The molecule has 2 amide bonds. The molecule has 0 saturated heterocycles. The second-order valence-electron chi connectivity index (χ2n) is 4.19. The topological polar surface area (TPSA) is 58.2 Å². The number of carbonyl (C=O) groups excluding carboxylic acids is 2. The molecule has 2 aromatic carbocycles. The van der Waals surface area contributed by atoms with E-state index in [0.717, 1.165) is 0 Å². The van der Waals surface area contributed by atoms with E-state index in [-0.39, 0.29) is 16.1 Å². The maximum Gasteiger partial charge on any atom is 0.271 e. The number of carbonyl (C=O) groups is 2. The number of nitrogens with one attached hydrogen (secondary N) is 2. The number of hydrogen-bond acceptors (Lipinski definition) is 2. The lowest BCUT2D eigenvalue weighted by Gasteiger charge is -2.09. The summed E-state index contributed by atoms with van der Waals surface area (Å²) in [7, 11) is 0. The standard InChI is InChI=1S/C14H8Cl4N2O2/c15-8-1-2-11(12(18)6-8)14(22)20-19-13(21)7-3-9(16)5-10(17)4-7/h1-6H,(H,19,21)(H,20,22). The molecule has 0 aliphatic rings. The minimum Gasteiger partial charge on any atom is -0.267 e. The van der Waals surface area contributed by atoms with Crippen LogP contribution >= 0.6 is 46.4 Å². The van der Waals surface area contributed by atoms with E-state index in [0.29, 0.717) is 15.1 Å². The van der Waals surface area contributed by atoms with Crippen molar-refractivity contribution in [3.63, 3.8) is 0 Å². The van der Waals surface area contributed by atoms with Gasteiger partial charge in [0.2, 0.25) is 0 Å². The summed E-state index contributed by atoms with van der Waals surface area (Å²) in [5.74, 6) is -1.15. The Labute approximate surface area is 146 Å². The SMILES string of the molecule is O=C(NNC(=O)c1ccc(Cl)cc1Cl)c1cc(Cl)cc(Cl)c1. The molecule has 0 aliphatic heterocycles. The van der Waals surface area contributed by atoms with Crippen molar-refractivity contribution in [3.8, 4) is 0 Å². The Hall–Kier alpha value is -1.46. The largest absolute Gasteiger partial charge is 0.271 e. The summed E-state index contributed by atoms with van der Waals surface area (Å²) in [4.78, 5) is 23.9. The van der Waals surface area contributed by atoms with Crippen molar-refractivity contribution in [3.05, 3.63) is 67.6 Å². The molecule has 0 aliphatic carbocycles. The fourth-order valence-electron chi connectivity index (χ4n) is 1.61. The van der Waals surface area contributed by atoms with Gasteiger partial charge in [0.05, 0.1) is 10.6 Å². The Morgan fingerprint density at radius 3 is 1.91 bits per heavy atom. The molecule has 4 nitrogen and oxygen atoms in total. The van der Waals surface area contributed by atoms with E-state index in [2.05, 4.69) is 10.9 Å². The molecule has 22 heavy (non-hydrogen) atoms. The molecule has 0 fully saturated rings. The van der Waals surface area contributed by atoms with E-state index >= 15 is 0 Å². The van der Waals surface area contributed by atoms with Crippen LogP contribution in [0.15, 0.2) is 36.4 Å². The summed E-state index contributed by atoms with van der Waals surface area (Å²) in [6, 6.07) is 8.72. The van der Waals surface area contributed by atoms with Gasteiger partial charge in [-0.25, -0.2) is 0 Å². The van der Waals surface area contributed by atoms with Crippen molar-refractivity contribution < 1.29 is 9.59 Å². The molecule has 0 heterocycles. The van der Waals surface area contributed by atoms with E-state index in [9.17, 15) is 9.59 Å².